The van der Waals surface area contributed by atoms with Gasteiger partial charge in [-0.1, -0.05) is 178 Å². The van der Waals surface area contributed by atoms with Gasteiger partial charge in [0.2, 0.25) is 70.9 Å². The van der Waals surface area contributed by atoms with E-state index in [9.17, 15) is 77.3 Å². The van der Waals surface area contributed by atoms with Crippen LogP contribution in [0.5, 0.6) is 0 Å². The van der Waals surface area contributed by atoms with E-state index in [4.69, 9.17) is 11.5 Å². The summed E-state index contributed by atoms with van der Waals surface area (Å²) in [5.74, 6) is -12.9. The van der Waals surface area contributed by atoms with E-state index in [1.807, 2.05) is 55.4 Å². The molecule has 0 radical (unpaired) electrons. The van der Waals surface area contributed by atoms with E-state index >= 15 is 0 Å². The van der Waals surface area contributed by atoms with E-state index in [0.717, 1.165) is 21.6 Å². The Labute approximate surface area is 630 Å². The minimum absolute atomic E-state index is 0.00229. The summed E-state index contributed by atoms with van der Waals surface area (Å²) in [5.41, 5.74) is 13.7. The first-order valence-electron chi connectivity index (χ1n) is 36.9. The number of carboxylic acids is 2. The number of rotatable bonds is 45. The van der Waals surface area contributed by atoms with Crippen LogP contribution in [0.25, 0.3) is 0 Å². The van der Waals surface area contributed by atoms with Gasteiger partial charge in [-0.15, -0.1) is 0 Å². The summed E-state index contributed by atoms with van der Waals surface area (Å²) in [4.78, 5) is 196. The van der Waals surface area contributed by atoms with Crippen molar-refractivity contribution in [2.75, 3.05) is 37.7 Å². The molecule has 4 rings (SSSR count). The zero-order valence-electron chi connectivity index (χ0n) is 63.4. The smallest absolute Gasteiger partial charge is 0.326 e. The van der Waals surface area contributed by atoms with Crippen molar-refractivity contribution >= 4 is 104 Å². The van der Waals surface area contributed by atoms with Gasteiger partial charge in [-0.25, -0.2) is 9.59 Å². The van der Waals surface area contributed by atoms with Crippen molar-refractivity contribution in [1.82, 2.24) is 63.0 Å². The number of benzene rings is 2. The Balaban J connectivity index is 1.54. The summed E-state index contributed by atoms with van der Waals surface area (Å²) < 4.78 is 0. The number of carbonyl (C=O) groups excluding carboxylic acids is 12. The number of carboxylic acid groups (broad SMARTS) is 2. The fourth-order valence-electron chi connectivity index (χ4n) is 12.3. The molecule has 0 aliphatic carbocycles. The zero-order valence-corrected chi connectivity index (χ0v) is 65.0. The van der Waals surface area contributed by atoms with Gasteiger partial charge in [-0.05, 0) is 98.0 Å². The third kappa shape index (κ3) is 30.1. The van der Waals surface area contributed by atoms with Crippen LogP contribution in [0, 0.1) is 35.5 Å². The molecule has 0 bridgehead atoms. The number of likely N-dealkylation sites (tertiary alicyclic amines) is 2. The molecule has 2 aromatic rings. The van der Waals surface area contributed by atoms with Crippen molar-refractivity contribution in [2.24, 2.45) is 47.0 Å². The van der Waals surface area contributed by atoms with Gasteiger partial charge in [0.1, 0.15) is 60.4 Å². The molecule has 0 unspecified atom stereocenters. The molecule has 2 heterocycles. The van der Waals surface area contributed by atoms with Gasteiger partial charge in [0.25, 0.3) is 0 Å². The van der Waals surface area contributed by atoms with Gasteiger partial charge in [-0.3, -0.25) is 57.5 Å². The van der Waals surface area contributed by atoms with Crippen molar-refractivity contribution in [3.8, 4) is 0 Å². The van der Waals surface area contributed by atoms with Crippen LogP contribution in [0.3, 0.4) is 0 Å². The third-order valence-corrected chi connectivity index (χ3v) is 21.0. The molecule has 590 valence electrons. The monoisotopic (exact) mass is 1520 g/mol. The molecular formula is C74H116N14O16S2. The van der Waals surface area contributed by atoms with Gasteiger partial charge < -0.3 is 84.6 Å². The van der Waals surface area contributed by atoms with E-state index in [2.05, 4.69) is 53.2 Å². The molecule has 14 atom stereocenters. The van der Waals surface area contributed by atoms with E-state index in [1.54, 1.807) is 88.4 Å². The number of nitrogens with one attached hydrogen (secondary N) is 10. The molecule has 2 aliphatic heterocycles. The summed E-state index contributed by atoms with van der Waals surface area (Å²) in [7, 11) is 1.88. The van der Waals surface area contributed by atoms with Crippen LogP contribution in [0.1, 0.15) is 158 Å². The Hall–Kier alpha value is -8.36. The van der Waals surface area contributed by atoms with Crippen molar-refractivity contribution in [3.63, 3.8) is 0 Å². The maximum atomic E-state index is 14.5. The van der Waals surface area contributed by atoms with Crippen molar-refractivity contribution in [2.45, 2.75) is 233 Å². The molecule has 0 saturated carbocycles. The number of aliphatic carboxylic acids is 2. The van der Waals surface area contributed by atoms with Crippen LogP contribution in [0.2, 0.25) is 0 Å². The van der Waals surface area contributed by atoms with E-state index in [1.165, 1.54) is 9.80 Å². The number of amides is 12. The van der Waals surface area contributed by atoms with E-state index in [0.29, 0.717) is 49.7 Å². The Bertz CT molecular complexity index is 3070. The molecule has 32 heteroatoms. The molecule has 16 N–H and O–H groups in total. The highest BCUT2D eigenvalue weighted by molar-refractivity contribution is 8.76. The topological polar surface area (TPSA) is 458 Å². The molecule has 2 aromatic carbocycles. The van der Waals surface area contributed by atoms with Crippen LogP contribution < -0.4 is 64.6 Å². The average Bonchev–Trinajstić information content (AvgIpc) is 1.68. The molecule has 0 aromatic heterocycles. The summed E-state index contributed by atoms with van der Waals surface area (Å²) in [6, 6.07) is 3.09. The predicted octanol–water partition coefficient (Wildman–Crippen LogP) is 2.05. The maximum Gasteiger partial charge on any atom is 0.326 e. The molecular weight excluding hydrogens is 1410 g/mol. The number of hydrogen-bond acceptors (Lipinski definition) is 18. The second-order valence-corrected chi connectivity index (χ2v) is 31.9. The van der Waals surface area contributed by atoms with Crippen molar-refractivity contribution < 1.29 is 77.3 Å². The van der Waals surface area contributed by atoms with Crippen LogP contribution in [0.15, 0.2) is 60.7 Å². The lowest BCUT2D eigenvalue weighted by Gasteiger charge is -2.29. The van der Waals surface area contributed by atoms with Crippen LogP contribution in [-0.4, -0.2) is 213 Å². The first-order chi connectivity index (χ1) is 50.0. The Morgan fingerprint density at radius 2 is 0.726 bits per heavy atom. The average molecular weight is 1520 g/mol. The third-order valence-electron chi connectivity index (χ3n) is 18.6. The Morgan fingerprint density at radius 1 is 0.415 bits per heavy atom. The first kappa shape index (κ1) is 90.0. The minimum Gasteiger partial charge on any atom is -0.480 e. The minimum atomic E-state index is -1.49. The van der Waals surface area contributed by atoms with E-state index in [-0.39, 0.29) is 86.8 Å². The van der Waals surface area contributed by atoms with Crippen LogP contribution in [-0.2, 0) is 80.0 Å². The molecule has 106 heavy (non-hydrogen) atoms. The number of nitrogens with zero attached hydrogens (tertiary/aromatic N) is 2. The quantitative estimate of drug-likeness (QED) is 0.0333. The fraction of sp³-hybridized carbons (Fsp3) is 0.649. The lowest BCUT2D eigenvalue weighted by molar-refractivity contribution is -0.144. The Kier molecular flexibility index (Phi) is 38.5. The summed E-state index contributed by atoms with van der Waals surface area (Å²) in [5, 5.41) is 47.1. The zero-order chi connectivity index (χ0) is 79.1. The maximum absolute atomic E-state index is 14.5. The van der Waals surface area contributed by atoms with Crippen LogP contribution in [0.4, 0.5) is 0 Å². The highest BCUT2D eigenvalue weighted by atomic mass is 33.1. The van der Waals surface area contributed by atoms with Crippen molar-refractivity contribution in [3.05, 3.63) is 71.8 Å². The molecule has 2 saturated heterocycles. The Morgan fingerprint density at radius 3 is 1.03 bits per heavy atom. The summed E-state index contributed by atoms with van der Waals surface area (Å²) >= 11 is 0. The number of nitrogens with two attached hydrogens (primary N) is 2. The first-order valence-corrected chi connectivity index (χ1v) is 39.4. The summed E-state index contributed by atoms with van der Waals surface area (Å²) in [6.07, 6.45) is 2.77. The van der Waals surface area contributed by atoms with Gasteiger partial charge >= 0.3 is 11.9 Å². The normalized spacial score (nSPS) is 17.7. The van der Waals surface area contributed by atoms with Crippen molar-refractivity contribution in [1.29, 1.82) is 0 Å². The lowest BCUT2D eigenvalue weighted by Crippen LogP contribution is -2.58. The summed E-state index contributed by atoms with van der Waals surface area (Å²) in [6.45, 7) is 20.7. The fourth-order valence-corrected chi connectivity index (χ4v) is 14.6. The second-order valence-electron chi connectivity index (χ2n) is 29.4. The molecule has 12 amide bonds. The predicted molar refractivity (Wildman–Crippen MR) is 404 cm³/mol. The highest BCUT2D eigenvalue weighted by Gasteiger charge is 2.41. The largest absolute Gasteiger partial charge is 0.480 e. The number of carbonyl (C=O) groups is 14. The lowest BCUT2D eigenvalue weighted by atomic mass is 9.99. The molecule has 0 spiro atoms. The number of hydrogen-bond donors (Lipinski definition) is 14. The highest BCUT2D eigenvalue weighted by Crippen LogP contribution is 2.26. The SMILES string of the molecule is CC[C@H](C)[C@H](NC(=O)[C@H](CSSC[C@H](NC(=O)[C@@H]1CCCN1C(=O)CNC(=O)[C@H](Cc1ccccc1)NC(=O)[C@H](CC(C)C)NC(=O)[C@@H](N)CC(C)C)C(=O)N[C@H](C(=O)O)[C@@H](C)CC)NC(=O)[C@@H]1CCCN1C(=O)CNC(=O)[C@H](Cc1ccccc1)NC(=O)[C@H](CC(C)C)NC(=O)[C@@H](N)CC(C)C)C(=O)O. The second kappa shape index (κ2) is 45.3. The van der Waals surface area contributed by atoms with Gasteiger partial charge in [0.05, 0.1) is 25.2 Å². The molecule has 2 aliphatic rings. The standard InChI is InChI=1S/C74H116N14O16S2/c1-13-45(11)61(73(101)102)85-69(97)55(83-71(99)57-27-21-29-87(57)59(89)37-77-65(93)53(35-47-23-17-15-18-24-47)81-67(95)51(33-43(7)8)79-63(91)49(75)31-41(3)4)39-105-106-40-56(70(98)86-62(74(103)104)46(12)14-2)84-72(100)58-28-22-30-88(58)60(90)38-78-66(94)54(36-48-25-19-16-20-26-48)82-68(96)52(34-44(9)10)80-64(92)50(76)32-42(5)6/h15-20,23-26,41-46,49-58,61-62H,13-14,21-22,27-40,75-76H2,1-12H3,(H,77,93)(H,78,94)(H,79,91)(H,80,92)(H,81,95)(H,82,96)(H,83,99)(H,84,100)(H,85,97)(H,86,98)(H,101,102)(H,103,104)/t45-,46-,49-,50-,51-,52-,53-,54-,55-,56-,57-,58-,61-,62-/m0/s1. The van der Waals surface area contributed by atoms with Gasteiger partial charge in [-0.2, -0.15) is 0 Å². The molecule has 2 fully saturated rings. The van der Waals surface area contributed by atoms with Crippen LogP contribution >= 0.6 is 21.6 Å². The molecule has 30 nitrogen and oxygen atoms in total. The van der Waals surface area contributed by atoms with Gasteiger partial charge in [0.15, 0.2) is 0 Å². The van der Waals surface area contributed by atoms with E-state index < -0.39 is 180 Å². The van der Waals surface area contributed by atoms with Gasteiger partial charge in [0, 0.05) is 37.4 Å².